The van der Waals surface area contributed by atoms with Crippen molar-refractivity contribution in [2.75, 3.05) is 23.9 Å². The number of carbonyl (C=O) groups is 1. The van der Waals surface area contributed by atoms with Crippen molar-refractivity contribution < 1.29 is 9.53 Å². The van der Waals surface area contributed by atoms with E-state index in [-0.39, 0.29) is 18.7 Å². The number of para-hydroxylation sites is 1. The van der Waals surface area contributed by atoms with Crippen LogP contribution in [0.15, 0.2) is 120 Å². The Labute approximate surface area is 251 Å². The van der Waals surface area contributed by atoms with Gasteiger partial charge in [-0.25, -0.2) is 4.79 Å². The van der Waals surface area contributed by atoms with E-state index in [0.717, 1.165) is 22.4 Å². The molecule has 0 bridgehead atoms. The molecule has 5 rings (SSSR count). The summed E-state index contributed by atoms with van der Waals surface area (Å²) in [5.74, 6) is -0.422. The Balaban J connectivity index is 1.61. The predicted octanol–water partition coefficient (Wildman–Crippen LogP) is 6.99. The largest absolute Gasteiger partial charge is 0.462 e. The van der Waals surface area contributed by atoms with Crippen molar-refractivity contribution in [3.8, 4) is 17.2 Å². The van der Waals surface area contributed by atoms with Crippen LogP contribution in [0.25, 0.3) is 11.1 Å². The highest BCUT2D eigenvalue weighted by Gasteiger charge is 2.21. The summed E-state index contributed by atoms with van der Waals surface area (Å²) in [6.07, 6.45) is 1.74. The smallest absolute Gasteiger partial charge is 0.338 e. The average molecular weight is 569 g/mol. The van der Waals surface area contributed by atoms with Crippen LogP contribution in [0.1, 0.15) is 34.0 Å². The summed E-state index contributed by atoms with van der Waals surface area (Å²) in [6, 6.07) is 36.5. The van der Waals surface area contributed by atoms with E-state index in [1.54, 1.807) is 35.9 Å². The Morgan fingerprint density at radius 3 is 2.33 bits per heavy atom. The van der Waals surface area contributed by atoms with Crippen LogP contribution in [-0.2, 0) is 17.8 Å². The van der Waals surface area contributed by atoms with E-state index in [4.69, 9.17) is 4.74 Å². The highest BCUT2D eigenvalue weighted by molar-refractivity contribution is 5.91. The van der Waals surface area contributed by atoms with Crippen molar-refractivity contribution in [3.63, 3.8) is 0 Å². The van der Waals surface area contributed by atoms with Crippen LogP contribution < -0.4 is 15.8 Å². The number of hydrogen-bond donors (Lipinski definition) is 1. The molecule has 0 aliphatic heterocycles. The number of nitrogens with zero attached hydrogens (tertiary/aromatic N) is 3. The molecule has 1 heterocycles. The number of anilines is 3. The molecule has 0 saturated carbocycles. The molecule has 43 heavy (non-hydrogen) atoms. The first-order valence-corrected chi connectivity index (χ1v) is 14.1. The van der Waals surface area contributed by atoms with Gasteiger partial charge >= 0.3 is 5.97 Å². The fraction of sp³-hybridized carbons (Fsp3) is 0.139. The van der Waals surface area contributed by atoms with E-state index in [0.29, 0.717) is 34.6 Å². The summed E-state index contributed by atoms with van der Waals surface area (Å²) in [6.45, 7) is 2.74. The standard InChI is InChI=1S/C36H32N4O3/c1-3-43-36(42)30-18-10-8-16-28(30)25-40-22-21-32(38-24-26-13-5-4-6-14-26)34(35(40)41)39(2)33-20-12-11-19-31(33)29-17-9-7-15-27(29)23-37/h4-22,38H,3,24-25H2,1-2H3. The molecule has 0 atom stereocenters. The molecule has 0 radical (unpaired) electrons. The van der Waals surface area contributed by atoms with E-state index < -0.39 is 5.97 Å². The summed E-state index contributed by atoms with van der Waals surface area (Å²) < 4.78 is 6.86. The Morgan fingerprint density at radius 1 is 0.884 bits per heavy atom. The van der Waals surface area contributed by atoms with Crippen molar-refractivity contribution in [1.29, 1.82) is 5.26 Å². The Morgan fingerprint density at radius 2 is 1.56 bits per heavy atom. The van der Waals surface area contributed by atoms with Crippen LogP contribution in [0.5, 0.6) is 0 Å². The van der Waals surface area contributed by atoms with Gasteiger partial charge in [0.2, 0.25) is 0 Å². The highest BCUT2D eigenvalue weighted by Crippen LogP contribution is 2.37. The molecule has 0 saturated heterocycles. The topological polar surface area (TPSA) is 87.4 Å². The number of benzene rings is 4. The first-order valence-electron chi connectivity index (χ1n) is 14.1. The maximum atomic E-state index is 14.3. The summed E-state index contributed by atoms with van der Waals surface area (Å²) >= 11 is 0. The highest BCUT2D eigenvalue weighted by atomic mass is 16.5. The molecule has 5 aromatic rings. The second-order valence-corrected chi connectivity index (χ2v) is 9.96. The number of hydrogen-bond acceptors (Lipinski definition) is 6. The maximum Gasteiger partial charge on any atom is 0.338 e. The van der Waals surface area contributed by atoms with Gasteiger partial charge in [-0.1, -0.05) is 84.9 Å². The number of pyridine rings is 1. The van der Waals surface area contributed by atoms with Crippen LogP contribution in [-0.4, -0.2) is 24.2 Å². The van der Waals surface area contributed by atoms with Crippen LogP contribution in [0.2, 0.25) is 0 Å². The minimum Gasteiger partial charge on any atom is -0.462 e. The minimum absolute atomic E-state index is 0.187. The van der Waals surface area contributed by atoms with Crippen molar-refractivity contribution >= 4 is 23.0 Å². The number of nitriles is 1. The third-order valence-corrected chi connectivity index (χ3v) is 7.26. The van der Waals surface area contributed by atoms with Gasteiger partial charge in [0.25, 0.3) is 5.56 Å². The Hall–Kier alpha value is -5.61. The molecule has 0 unspecified atom stereocenters. The quantitative estimate of drug-likeness (QED) is 0.183. The molecule has 214 valence electrons. The summed E-state index contributed by atoms with van der Waals surface area (Å²) in [7, 11) is 1.86. The molecular formula is C36H32N4O3. The van der Waals surface area contributed by atoms with Gasteiger partial charge in [-0.3, -0.25) is 4.79 Å². The number of aromatic nitrogens is 1. The van der Waals surface area contributed by atoms with Crippen molar-refractivity contribution in [1.82, 2.24) is 4.57 Å². The van der Waals surface area contributed by atoms with Gasteiger partial charge in [0.05, 0.1) is 36.0 Å². The van der Waals surface area contributed by atoms with Crippen molar-refractivity contribution in [2.45, 2.75) is 20.0 Å². The van der Waals surface area contributed by atoms with Gasteiger partial charge in [0.1, 0.15) is 5.69 Å². The third kappa shape index (κ3) is 6.34. The van der Waals surface area contributed by atoms with Gasteiger partial charge in [-0.15, -0.1) is 0 Å². The lowest BCUT2D eigenvalue weighted by Crippen LogP contribution is -2.29. The second kappa shape index (κ2) is 13.4. The molecular weight excluding hydrogens is 536 g/mol. The molecule has 0 aliphatic rings. The van der Waals surface area contributed by atoms with E-state index in [9.17, 15) is 14.9 Å². The van der Waals surface area contributed by atoms with Crippen LogP contribution >= 0.6 is 0 Å². The maximum absolute atomic E-state index is 14.3. The van der Waals surface area contributed by atoms with Gasteiger partial charge in [0.15, 0.2) is 0 Å². The molecule has 1 N–H and O–H groups in total. The number of nitrogens with one attached hydrogen (secondary N) is 1. The van der Waals surface area contributed by atoms with Crippen LogP contribution in [0, 0.1) is 11.3 Å². The molecule has 0 fully saturated rings. The molecule has 0 spiro atoms. The first-order chi connectivity index (χ1) is 21.0. The lowest BCUT2D eigenvalue weighted by molar-refractivity contribution is 0.0525. The lowest BCUT2D eigenvalue weighted by Gasteiger charge is -2.26. The minimum atomic E-state index is -0.422. The SMILES string of the molecule is CCOC(=O)c1ccccc1Cn1ccc(NCc2ccccc2)c(N(C)c2ccccc2-c2ccccc2C#N)c1=O. The zero-order chi connectivity index (χ0) is 30.2. The van der Waals surface area contributed by atoms with Crippen molar-refractivity contribution in [2.24, 2.45) is 0 Å². The number of rotatable bonds is 10. The fourth-order valence-electron chi connectivity index (χ4n) is 5.13. The van der Waals surface area contributed by atoms with E-state index in [1.165, 1.54) is 0 Å². The average Bonchev–Trinajstić information content (AvgIpc) is 3.05. The monoisotopic (exact) mass is 568 g/mol. The zero-order valence-corrected chi connectivity index (χ0v) is 24.2. The van der Waals surface area contributed by atoms with E-state index >= 15 is 0 Å². The van der Waals surface area contributed by atoms with Gasteiger partial charge in [-0.05, 0) is 42.3 Å². The van der Waals surface area contributed by atoms with E-state index in [2.05, 4.69) is 11.4 Å². The molecule has 7 heteroatoms. The first kappa shape index (κ1) is 28.9. The Kier molecular flexibility index (Phi) is 8.99. The normalized spacial score (nSPS) is 10.5. The fourth-order valence-corrected chi connectivity index (χ4v) is 5.13. The van der Waals surface area contributed by atoms with Crippen molar-refractivity contribution in [3.05, 3.63) is 148 Å². The predicted molar refractivity (Wildman–Crippen MR) is 171 cm³/mol. The number of carbonyl (C=O) groups excluding carboxylic acids is 1. The molecule has 1 aromatic heterocycles. The van der Waals surface area contributed by atoms with Crippen LogP contribution in [0.3, 0.4) is 0 Å². The zero-order valence-electron chi connectivity index (χ0n) is 24.2. The molecule has 0 aliphatic carbocycles. The summed E-state index contributed by atoms with van der Waals surface area (Å²) in [4.78, 5) is 28.8. The van der Waals surface area contributed by atoms with Gasteiger partial charge < -0.3 is 19.5 Å². The van der Waals surface area contributed by atoms with E-state index in [1.807, 2.05) is 103 Å². The number of esters is 1. The third-order valence-electron chi connectivity index (χ3n) is 7.26. The van der Waals surface area contributed by atoms with Crippen LogP contribution in [0.4, 0.5) is 17.1 Å². The second-order valence-electron chi connectivity index (χ2n) is 9.96. The summed E-state index contributed by atoms with van der Waals surface area (Å²) in [5, 5.41) is 13.3. The summed E-state index contributed by atoms with van der Waals surface area (Å²) in [5.41, 5.74) is 5.99. The molecule has 0 amide bonds. The van der Waals surface area contributed by atoms with Gasteiger partial charge in [0, 0.05) is 36.6 Å². The number of ether oxygens (including phenoxy) is 1. The van der Waals surface area contributed by atoms with Gasteiger partial charge in [-0.2, -0.15) is 5.26 Å². The lowest BCUT2D eigenvalue weighted by atomic mass is 9.98. The molecule has 4 aromatic carbocycles. The Bertz CT molecular complexity index is 1840. The molecule has 7 nitrogen and oxygen atoms in total.